The third kappa shape index (κ3) is 3.24. The number of hydrogen-bond donors (Lipinski definition) is 0. The van der Waals surface area contributed by atoms with Crippen molar-refractivity contribution in [1.29, 1.82) is 0 Å². The van der Waals surface area contributed by atoms with E-state index in [2.05, 4.69) is 15.9 Å². The van der Waals surface area contributed by atoms with Gasteiger partial charge < -0.3 is 9.64 Å². The molecule has 2 aliphatic heterocycles. The maximum Gasteiger partial charge on any atom is 0.416 e. The van der Waals surface area contributed by atoms with Gasteiger partial charge in [-0.2, -0.15) is 13.2 Å². The second-order valence-corrected chi connectivity index (χ2v) is 6.44. The average molecular weight is 390 g/mol. The van der Waals surface area contributed by atoms with E-state index >= 15 is 0 Å². The predicted octanol–water partition coefficient (Wildman–Crippen LogP) is 4.18. The summed E-state index contributed by atoms with van der Waals surface area (Å²) in [7, 11) is 0. The first kappa shape index (κ1) is 16.4. The van der Waals surface area contributed by atoms with Gasteiger partial charge in [-0.15, -0.1) is 0 Å². The van der Waals surface area contributed by atoms with E-state index in [-0.39, 0.29) is 16.9 Å². The van der Waals surface area contributed by atoms with E-state index in [0.717, 1.165) is 44.5 Å². The molecule has 0 aromatic heterocycles. The van der Waals surface area contributed by atoms with Crippen molar-refractivity contribution < 1.29 is 22.7 Å². The number of benzene rings is 1. The van der Waals surface area contributed by atoms with E-state index in [1.165, 1.54) is 12.1 Å². The van der Waals surface area contributed by atoms with Gasteiger partial charge in [-0.25, -0.2) is 0 Å². The van der Waals surface area contributed by atoms with E-state index in [1.54, 1.807) is 0 Å². The Morgan fingerprint density at radius 1 is 1.17 bits per heavy atom. The molecule has 2 aliphatic rings. The van der Waals surface area contributed by atoms with Crippen LogP contribution >= 0.6 is 15.9 Å². The van der Waals surface area contributed by atoms with Crippen LogP contribution in [0.5, 0.6) is 0 Å². The summed E-state index contributed by atoms with van der Waals surface area (Å²) in [5.74, 6) is 0.0424. The van der Waals surface area contributed by atoms with Gasteiger partial charge in [0.1, 0.15) is 0 Å². The number of carbonyl (C=O) groups excluding carboxylic acids is 1. The molecule has 1 saturated heterocycles. The molecule has 1 atom stereocenters. The SMILES string of the molecule is O=C1C(c2cccc(C(F)(F)F)c2)=C(N2CCCCC2)OC1Br. The molecule has 0 spiro atoms. The zero-order valence-corrected chi connectivity index (χ0v) is 13.8. The number of carbonyl (C=O) groups is 1. The summed E-state index contributed by atoms with van der Waals surface area (Å²) in [6.07, 6.45) is -1.39. The predicted molar refractivity (Wildman–Crippen MR) is 82.6 cm³/mol. The van der Waals surface area contributed by atoms with E-state index in [9.17, 15) is 18.0 Å². The fourth-order valence-corrected chi connectivity index (χ4v) is 3.28. The highest BCUT2D eigenvalue weighted by atomic mass is 79.9. The number of Topliss-reactive ketones (excluding diaryl/α,β-unsaturated/α-hetero) is 1. The van der Waals surface area contributed by atoms with Crippen LogP contribution in [0, 0.1) is 0 Å². The standard InChI is InChI=1S/C16H15BrF3NO2/c17-14-13(22)12(15(23-14)21-7-2-1-3-8-21)10-5-4-6-11(9-10)16(18,19)20/h4-6,9,14H,1-3,7-8H2. The lowest BCUT2D eigenvalue weighted by atomic mass is 10.00. The van der Waals surface area contributed by atoms with Crippen LogP contribution in [0.4, 0.5) is 13.2 Å². The maximum absolute atomic E-state index is 12.9. The van der Waals surface area contributed by atoms with Crippen LogP contribution in [0.3, 0.4) is 0 Å². The molecule has 2 heterocycles. The number of alkyl halides is 4. The normalized spacial score (nSPS) is 22.5. The molecular formula is C16H15BrF3NO2. The first-order valence-corrected chi connectivity index (χ1v) is 8.31. The van der Waals surface area contributed by atoms with Gasteiger partial charge in [-0.1, -0.05) is 12.1 Å². The summed E-state index contributed by atoms with van der Waals surface area (Å²) in [5, 5.41) is -0.844. The van der Waals surface area contributed by atoms with Crippen LogP contribution in [-0.4, -0.2) is 28.8 Å². The summed E-state index contributed by atoms with van der Waals surface area (Å²) >= 11 is 3.14. The highest BCUT2D eigenvalue weighted by Gasteiger charge is 2.38. The Balaban J connectivity index is 2.04. The average Bonchev–Trinajstić information content (AvgIpc) is 2.83. The van der Waals surface area contributed by atoms with Crippen molar-refractivity contribution in [2.75, 3.05) is 13.1 Å². The quantitative estimate of drug-likeness (QED) is 0.710. The van der Waals surface area contributed by atoms with Crippen molar-refractivity contribution in [1.82, 2.24) is 4.90 Å². The molecule has 3 nitrogen and oxygen atoms in total. The van der Waals surface area contributed by atoms with Gasteiger partial charge in [0.2, 0.25) is 16.7 Å². The van der Waals surface area contributed by atoms with Crippen LogP contribution in [0.2, 0.25) is 0 Å². The number of halogens is 4. The monoisotopic (exact) mass is 389 g/mol. The highest BCUT2D eigenvalue weighted by molar-refractivity contribution is 9.09. The molecule has 7 heteroatoms. The minimum atomic E-state index is -4.45. The molecule has 1 unspecified atom stereocenters. The second kappa shape index (κ2) is 6.19. The van der Waals surface area contributed by atoms with Crippen molar-refractivity contribution in [2.24, 2.45) is 0 Å². The van der Waals surface area contributed by atoms with Crippen molar-refractivity contribution >= 4 is 27.3 Å². The topological polar surface area (TPSA) is 29.5 Å². The van der Waals surface area contributed by atoms with Crippen molar-refractivity contribution in [3.05, 3.63) is 41.3 Å². The smallest absolute Gasteiger partial charge is 0.416 e. The summed E-state index contributed by atoms with van der Waals surface area (Å²) in [5.41, 5.74) is -0.307. The van der Waals surface area contributed by atoms with E-state index < -0.39 is 16.8 Å². The molecule has 23 heavy (non-hydrogen) atoms. The minimum absolute atomic E-state index is 0.222. The van der Waals surface area contributed by atoms with Gasteiger partial charge in [0.15, 0.2) is 0 Å². The molecule has 124 valence electrons. The van der Waals surface area contributed by atoms with E-state index in [4.69, 9.17) is 4.74 Å². The number of ether oxygens (including phenoxy) is 1. The highest BCUT2D eigenvalue weighted by Crippen LogP contribution is 2.37. The van der Waals surface area contributed by atoms with Crippen LogP contribution in [-0.2, 0) is 15.7 Å². The molecule has 0 radical (unpaired) electrons. The third-order valence-corrected chi connectivity index (χ3v) is 4.61. The van der Waals surface area contributed by atoms with Gasteiger partial charge in [-0.3, -0.25) is 4.79 Å². The zero-order chi connectivity index (χ0) is 16.6. The largest absolute Gasteiger partial charge is 0.455 e. The Hall–Kier alpha value is -1.50. The lowest BCUT2D eigenvalue weighted by molar-refractivity contribution is -0.137. The molecule has 0 N–H and O–H groups in total. The van der Waals surface area contributed by atoms with Gasteiger partial charge >= 0.3 is 6.18 Å². The third-order valence-electron chi connectivity index (χ3n) is 4.00. The van der Waals surface area contributed by atoms with Crippen molar-refractivity contribution in [3.8, 4) is 0 Å². The first-order valence-electron chi connectivity index (χ1n) is 7.40. The zero-order valence-electron chi connectivity index (χ0n) is 12.2. The van der Waals surface area contributed by atoms with E-state index in [0.29, 0.717) is 5.88 Å². The molecule has 0 aliphatic carbocycles. The summed E-state index contributed by atoms with van der Waals surface area (Å²) in [6.45, 7) is 1.48. The Bertz CT molecular complexity index is 651. The van der Waals surface area contributed by atoms with Crippen LogP contribution < -0.4 is 0 Å². The van der Waals surface area contributed by atoms with Crippen LogP contribution in [0.1, 0.15) is 30.4 Å². The summed E-state index contributed by atoms with van der Waals surface area (Å²) in [6, 6.07) is 4.83. The maximum atomic E-state index is 12.9. The molecular weight excluding hydrogens is 375 g/mol. The Labute approximate surface area is 140 Å². The minimum Gasteiger partial charge on any atom is -0.455 e. The van der Waals surface area contributed by atoms with Crippen molar-refractivity contribution in [3.63, 3.8) is 0 Å². The van der Waals surface area contributed by atoms with Crippen molar-refractivity contribution in [2.45, 2.75) is 30.5 Å². The second-order valence-electron chi connectivity index (χ2n) is 5.60. The summed E-state index contributed by atoms with van der Waals surface area (Å²) < 4.78 is 44.4. The van der Waals surface area contributed by atoms with Crippen LogP contribution in [0.25, 0.3) is 5.57 Å². The van der Waals surface area contributed by atoms with Crippen LogP contribution in [0.15, 0.2) is 30.1 Å². The van der Waals surface area contributed by atoms with Gasteiger partial charge in [0.05, 0.1) is 11.1 Å². The number of likely N-dealkylation sites (tertiary alicyclic amines) is 1. The Kier molecular flexibility index (Phi) is 4.40. The lowest BCUT2D eigenvalue weighted by Gasteiger charge is -2.29. The number of ketones is 1. The van der Waals surface area contributed by atoms with Gasteiger partial charge in [-0.05, 0) is 52.9 Å². The Morgan fingerprint density at radius 3 is 2.52 bits per heavy atom. The molecule has 1 aromatic carbocycles. The number of rotatable bonds is 2. The van der Waals surface area contributed by atoms with E-state index in [1.807, 2.05) is 4.90 Å². The van der Waals surface area contributed by atoms with Gasteiger partial charge in [0, 0.05) is 13.1 Å². The molecule has 1 fully saturated rings. The van der Waals surface area contributed by atoms with Gasteiger partial charge in [0.25, 0.3) is 0 Å². The molecule has 1 aromatic rings. The first-order chi connectivity index (χ1) is 10.9. The fraction of sp³-hybridized carbons (Fsp3) is 0.438. The fourth-order valence-electron chi connectivity index (χ4n) is 2.88. The Morgan fingerprint density at radius 2 is 1.87 bits per heavy atom. The summed E-state index contributed by atoms with van der Waals surface area (Å²) in [4.78, 5) is 14.3. The number of nitrogens with zero attached hydrogens (tertiary/aromatic N) is 1. The molecule has 0 amide bonds. The molecule has 3 rings (SSSR count). The number of piperidine rings is 1. The lowest BCUT2D eigenvalue weighted by Crippen LogP contribution is -2.30. The molecule has 0 bridgehead atoms. The number of hydrogen-bond acceptors (Lipinski definition) is 3. The molecule has 0 saturated carbocycles.